The Morgan fingerprint density at radius 1 is 1.00 bits per heavy atom. The van der Waals surface area contributed by atoms with Gasteiger partial charge in [-0.1, -0.05) is 25.5 Å². The summed E-state index contributed by atoms with van der Waals surface area (Å²) in [5.74, 6) is -0.233. The minimum absolute atomic E-state index is 0.0654. The van der Waals surface area contributed by atoms with Crippen LogP contribution in [0.1, 0.15) is 46.0 Å². The Bertz CT molecular complexity index is 639. The Morgan fingerprint density at radius 3 is 2.39 bits per heavy atom. The second kappa shape index (κ2) is 8.68. The molecule has 0 saturated carbocycles. The highest BCUT2D eigenvalue weighted by atomic mass is 16.2. The molecular formula is C18H21N3O2. The van der Waals surface area contributed by atoms with Crippen molar-refractivity contribution in [2.24, 2.45) is 0 Å². The van der Waals surface area contributed by atoms with Crippen molar-refractivity contribution in [3.05, 3.63) is 65.5 Å². The lowest BCUT2D eigenvalue weighted by molar-refractivity contribution is 0.0942. The van der Waals surface area contributed by atoms with Crippen LogP contribution in [0.25, 0.3) is 0 Å². The van der Waals surface area contributed by atoms with Crippen molar-refractivity contribution in [3.63, 3.8) is 0 Å². The Balaban J connectivity index is 1.85. The highest BCUT2D eigenvalue weighted by Crippen LogP contribution is 2.05. The third kappa shape index (κ3) is 5.21. The number of amides is 2. The first-order valence-corrected chi connectivity index (χ1v) is 7.76. The number of benzene rings is 1. The summed E-state index contributed by atoms with van der Waals surface area (Å²) < 4.78 is 0. The van der Waals surface area contributed by atoms with Crippen LogP contribution in [0.2, 0.25) is 0 Å². The molecule has 5 nitrogen and oxygen atoms in total. The maximum absolute atomic E-state index is 11.9. The monoisotopic (exact) mass is 311 g/mol. The van der Waals surface area contributed by atoms with E-state index in [1.54, 1.807) is 30.5 Å². The van der Waals surface area contributed by atoms with Crippen molar-refractivity contribution >= 4 is 11.8 Å². The molecule has 1 aromatic heterocycles. The van der Waals surface area contributed by atoms with E-state index in [9.17, 15) is 9.59 Å². The first kappa shape index (κ1) is 16.7. The molecule has 0 aliphatic carbocycles. The normalized spacial score (nSPS) is 10.1. The molecule has 0 fully saturated rings. The van der Waals surface area contributed by atoms with Crippen molar-refractivity contribution in [2.45, 2.75) is 26.3 Å². The summed E-state index contributed by atoms with van der Waals surface area (Å²) in [6.45, 7) is 3.18. The lowest BCUT2D eigenvalue weighted by Gasteiger charge is -2.07. The van der Waals surface area contributed by atoms with Gasteiger partial charge in [-0.25, -0.2) is 0 Å². The molecule has 0 radical (unpaired) electrons. The van der Waals surface area contributed by atoms with Gasteiger partial charge in [-0.15, -0.1) is 0 Å². The summed E-state index contributed by atoms with van der Waals surface area (Å²) in [6.07, 6.45) is 5.18. The van der Waals surface area contributed by atoms with Gasteiger partial charge in [-0.05, 0) is 36.2 Å². The molecule has 0 unspecified atom stereocenters. The summed E-state index contributed by atoms with van der Waals surface area (Å²) in [6, 6.07) is 10.7. The highest BCUT2D eigenvalue weighted by molar-refractivity contribution is 5.94. The standard InChI is InChI=1S/C18H21N3O2/c1-2-3-11-20-17(22)15-8-6-14(7-9-15)12-21-18(23)16-5-4-10-19-13-16/h4-10,13H,2-3,11-12H2,1H3,(H,20,22)(H,21,23). The minimum atomic E-state index is -0.167. The summed E-state index contributed by atoms with van der Waals surface area (Å²) in [7, 11) is 0. The van der Waals surface area contributed by atoms with Gasteiger partial charge in [0, 0.05) is 31.0 Å². The predicted octanol–water partition coefficient (Wildman–Crippen LogP) is 2.54. The van der Waals surface area contributed by atoms with Gasteiger partial charge in [0.2, 0.25) is 0 Å². The molecule has 1 heterocycles. The molecule has 0 saturated heterocycles. The van der Waals surface area contributed by atoms with E-state index in [2.05, 4.69) is 22.5 Å². The van der Waals surface area contributed by atoms with Gasteiger partial charge in [-0.3, -0.25) is 14.6 Å². The molecule has 2 rings (SSSR count). The summed E-state index contributed by atoms with van der Waals surface area (Å²) >= 11 is 0. The molecule has 0 aliphatic rings. The van der Waals surface area contributed by atoms with Gasteiger partial charge in [0.25, 0.3) is 11.8 Å². The van der Waals surface area contributed by atoms with Crippen molar-refractivity contribution in [1.82, 2.24) is 15.6 Å². The molecule has 120 valence electrons. The smallest absolute Gasteiger partial charge is 0.253 e. The molecular weight excluding hydrogens is 290 g/mol. The fraction of sp³-hybridized carbons (Fsp3) is 0.278. The van der Waals surface area contributed by atoms with E-state index in [4.69, 9.17) is 0 Å². The lowest BCUT2D eigenvalue weighted by atomic mass is 10.1. The maximum Gasteiger partial charge on any atom is 0.253 e. The number of nitrogens with zero attached hydrogens (tertiary/aromatic N) is 1. The third-order valence-electron chi connectivity index (χ3n) is 3.41. The van der Waals surface area contributed by atoms with Crippen LogP contribution in [0.4, 0.5) is 0 Å². The molecule has 5 heteroatoms. The van der Waals surface area contributed by atoms with E-state index in [1.165, 1.54) is 6.20 Å². The molecule has 0 spiro atoms. The van der Waals surface area contributed by atoms with E-state index in [0.717, 1.165) is 18.4 Å². The zero-order chi connectivity index (χ0) is 16.5. The van der Waals surface area contributed by atoms with E-state index in [-0.39, 0.29) is 11.8 Å². The van der Waals surface area contributed by atoms with E-state index in [0.29, 0.717) is 24.2 Å². The number of unbranched alkanes of at least 4 members (excludes halogenated alkanes) is 1. The summed E-state index contributed by atoms with van der Waals surface area (Å²) in [5, 5.41) is 5.70. The first-order valence-electron chi connectivity index (χ1n) is 7.76. The van der Waals surface area contributed by atoms with E-state index >= 15 is 0 Å². The first-order chi connectivity index (χ1) is 11.2. The SMILES string of the molecule is CCCCNC(=O)c1ccc(CNC(=O)c2cccnc2)cc1. The molecule has 2 N–H and O–H groups in total. The van der Waals surface area contributed by atoms with Gasteiger partial charge >= 0.3 is 0 Å². The number of pyridine rings is 1. The van der Waals surface area contributed by atoms with Crippen LogP contribution in [0.15, 0.2) is 48.8 Å². The zero-order valence-electron chi connectivity index (χ0n) is 13.2. The van der Waals surface area contributed by atoms with Crippen LogP contribution in [-0.4, -0.2) is 23.3 Å². The highest BCUT2D eigenvalue weighted by Gasteiger charge is 2.06. The van der Waals surface area contributed by atoms with Crippen LogP contribution in [0.3, 0.4) is 0 Å². The molecule has 23 heavy (non-hydrogen) atoms. The number of hydrogen-bond acceptors (Lipinski definition) is 3. The summed E-state index contributed by atoms with van der Waals surface area (Å²) in [5.41, 5.74) is 2.09. The van der Waals surface area contributed by atoms with Gasteiger partial charge in [0.1, 0.15) is 0 Å². The Kier molecular flexibility index (Phi) is 6.29. The molecule has 0 aliphatic heterocycles. The van der Waals surface area contributed by atoms with Crippen LogP contribution < -0.4 is 10.6 Å². The van der Waals surface area contributed by atoms with Gasteiger partial charge in [0.05, 0.1) is 5.56 Å². The third-order valence-corrected chi connectivity index (χ3v) is 3.41. The van der Waals surface area contributed by atoms with Crippen molar-refractivity contribution in [3.8, 4) is 0 Å². The van der Waals surface area contributed by atoms with Crippen molar-refractivity contribution in [1.29, 1.82) is 0 Å². The Hall–Kier alpha value is -2.69. The molecule has 2 amide bonds. The number of carbonyl (C=O) groups is 2. The maximum atomic E-state index is 11.9. The van der Waals surface area contributed by atoms with Crippen molar-refractivity contribution in [2.75, 3.05) is 6.54 Å². The lowest BCUT2D eigenvalue weighted by Crippen LogP contribution is -2.24. The van der Waals surface area contributed by atoms with Crippen LogP contribution in [0, 0.1) is 0 Å². The molecule has 0 atom stereocenters. The quantitative estimate of drug-likeness (QED) is 0.772. The Labute approximate surface area is 136 Å². The Morgan fingerprint density at radius 2 is 1.74 bits per heavy atom. The average molecular weight is 311 g/mol. The number of rotatable bonds is 7. The molecule has 1 aromatic carbocycles. The fourth-order valence-electron chi connectivity index (χ4n) is 2.04. The predicted molar refractivity (Wildman–Crippen MR) is 89.1 cm³/mol. The van der Waals surface area contributed by atoms with E-state index in [1.807, 2.05) is 12.1 Å². The van der Waals surface area contributed by atoms with Crippen LogP contribution >= 0.6 is 0 Å². The average Bonchev–Trinajstić information content (AvgIpc) is 2.61. The summed E-state index contributed by atoms with van der Waals surface area (Å²) in [4.78, 5) is 27.7. The molecule has 0 bridgehead atoms. The van der Waals surface area contributed by atoms with Gasteiger partial charge < -0.3 is 10.6 Å². The van der Waals surface area contributed by atoms with Crippen LogP contribution in [-0.2, 0) is 6.54 Å². The van der Waals surface area contributed by atoms with Gasteiger partial charge in [0.15, 0.2) is 0 Å². The largest absolute Gasteiger partial charge is 0.352 e. The molecule has 2 aromatic rings. The number of aromatic nitrogens is 1. The van der Waals surface area contributed by atoms with Gasteiger partial charge in [-0.2, -0.15) is 0 Å². The number of hydrogen-bond donors (Lipinski definition) is 2. The minimum Gasteiger partial charge on any atom is -0.352 e. The second-order valence-corrected chi connectivity index (χ2v) is 5.23. The van der Waals surface area contributed by atoms with Crippen molar-refractivity contribution < 1.29 is 9.59 Å². The number of nitrogens with one attached hydrogen (secondary N) is 2. The van der Waals surface area contributed by atoms with Crippen LogP contribution in [0.5, 0.6) is 0 Å². The fourth-order valence-corrected chi connectivity index (χ4v) is 2.04. The van der Waals surface area contributed by atoms with E-state index < -0.39 is 0 Å². The number of carbonyl (C=O) groups excluding carboxylic acids is 2. The topological polar surface area (TPSA) is 71.1 Å². The zero-order valence-corrected chi connectivity index (χ0v) is 13.2. The second-order valence-electron chi connectivity index (χ2n) is 5.23.